The van der Waals surface area contributed by atoms with E-state index in [9.17, 15) is 13.2 Å². The van der Waals surface area contributed by atoms with Gasteiger partial charge in [0, 0.05) is 24.4 Å². The van der Waals surface area contributed by atoms with Crippen molar-refractivity contribution in [1.29, 1.82) is 0 Å². The van der Waals surface area contributed by atoms with Gasteiger partial charge in [0.1, 0.15) is 6.61 Å². The molecule has 1 aromatic rings. The summed E-state index contributed by atoms with van der Waals surface area (Å²) in [5, 5.41) is 4.30. The van der Waals surface area contributed by atoms with E-state index in [-0.39, 0.29) is 12.0 Å². The van der Waals surface area contributed by atoms with Gasteiger partial charge >= 0.3 is 6.18 Å². The van der Waals surface area contributed by atoms with Crippen LogP contribution in [0.5, 0.6) is 0 Å². The average Bonchev–Trinajstić information content (AvgIpc) is 2.62. The van der Waals surface area contributed by atoms with E-state index < -0.39 is 12.8 Å². The summed E-state index contributed by atoms with van der Waals surface area (Å²) in [7, 11) is 0. The van der Waals surface area contributed by atoms with Crippen LogP contribution in [0, 0.1) is 13.8 Å². The molecule has 1 aromatic heterocycles. The van der Waals surface area contributed by atoms with Crippen molar-refractivity contribution in [2.24, 2.45) is 0 Å². The Labute approximate surface area is 122 Å². The summed E-state index contributed by atoms with van der Waals surface area (Å²) in [6, 6.07) is 0. The Hall–Kier alpha value is -0.750. The molecule has 1 unspecified atom stereocenters. The van der Waals surface area contributed by atoms with Gasteiger partial charge in [0.05, 0.1) is 11.1 Å². The molecule has 20 heavy (non-hydrogen) atoms. The first-order chi connectivity index (χ1) is 9.26. The van der Waals surface area contributed by atoms with E-state index in [4.69, 9.17) is 11.6 Å². The maximum atomic E-state index is 11.9. The Morgan fingerprint density at radius 3 is 2.55 bits per heavy atom. The molecular weight excluding hydrogens is 293 g/mol. The molecule has 0 fully saturated rings. The van der Waals surface area contributed by atoms with Crippen molar-refractivity contribution in [2.45, 2.75) is 51.7 Å². The molecule has 1 atom stereocenters. The smallest absolute Gasteiger partial charge is 0.372 e. The van der Waals surface area contributed by atoms with Gasteiger partial charge in [0.2, 0.25) is 0 Å². The standard InChI is InChI=1S/C13H20ClF3N2O/c1-4-11(14)12-9(2)18-19(10(12)3)6-5-7-20-8-13(15,16)17/h11H,4-8H2,1-3H3. The third-order valence-corrected chi connectivity index (χ3v) is 3.56. The molecule has 0 bridgehead atoms. The number of nitrogens with zero attached hydrogens (tertiary/aromatic N) is 2. The van der Waals surface area contributed by atoms with Crippen LogP contribution in [0.3, 0.4) is 0 Å². The highest BCUT2D eigenvalue weighted by molar-refractivity contribution is 6.20. The Kier molecular flexibility index (Phi) is 6.33. The molecule has 0 aliphatic rings. The van der Waals surface area contributed by atoms with Gasteiger partial charge in [-0.2, -0.15) is 18.3 Å². The fourth-order valence-corrected chi connectivity index (χ4v) is 2.41. The van der Waals surface area contributed by atoms with Crippen LogP contribution >= 0.6 is 11.6 Å². The number of aromatic nitrogens is 2. The first-order valence-corrected chi connectivity index (χ1v) is 7.02. The molecule has 3 nitrogen and oxygen atoms in total. The van der Waals surface area contributed by atoms with Crippen molar-refractivity contribution >= 4 is 11.6 Å². The fraction of sp³-hybridized carbons (Fsp3) is 0.769. The van der Waals surface area contributed by atoms with Crippen LogP contribution in [-0.4, -0.2) is 29.2 Å². The van der Waals surface area contributed by atoms with Crippen molar-refractivity contribution in [1.82, 2.24) is 9.78 Å². The highest BCUT2D eigenvalue weighted by atomic mass is 35.5. The van der Waals surface area contributed by atoms with Crippen molar-refractivity contribution < 1.29 is 17.9 Å². The van der Waals surface area contributed by atoms with Crippen LogP contribution in [0.25, 0.3) is 0 Å². The lowest BCUT2D eigenvalue weighted by atomic mass is 10.1. The quantitative estimate of drug-likeness (QED) is 0.558. The van der Waals surface area contributed by atoms with Crippen LogP contribution in [0.4, 0.5) is 13.2 Å². The van der Waals surface area contributed by atoms with E-state index in [1.54, 1.807) is 4.68 Å². The lowest BCUT2D eigenvalue weighted by Crippen LogP contribution is -2.18. The summed E-state index contributed by atoms with van der Waals surface area (Å²) >= 11 is 6.25. The van der Waals surface area contributed by atoms with E-state index in [2.05, 4.69) is 9.84 Å². The van der Waals surface area contributed by atoms with Crippen LogP contribution in [0.2, 0.25) is 0 Å². The maximum absolute atomic E-state index is 11.9. The Balaban J connectivity index is 2.49. The van der Waals surface area contributed by atoms with Gasteiger partial charge in [-0.25, -0.2) is 0 Å². The SMILES string of the molecule is CCC(Cl)c1c(C)nn(CCCOCC(F)(F)F)c1C. The second-order valence-electron chi connectivity index (χ2n) is 4.70. The molecule has 116 valence electrons. The first kappa shape index (κ1) is 17.3. The summed E-state index contributed by atoms with van der Waals surface area (Å²) in [5.74, 6) is 0. The van der Waals surface area contributed by atoms with Gasteiger partial charge < -0.3 is 4.74 Å². The minimum absolute atomic E-state index is 0.0608. The van der Waals surface area contributed by atoms with Crippen LogP contribution in [0.1, 0.15) is 42.1 Å². The van der Waals surface area contributed by atoms with Crippen molar-refractivity contribution in [3.05, 3.63) is 17.0 Å². The molecule has 0 aromatic carbocycles. The van der Waals surface area contributed by atoms with Crippen LogP contribution < -0.4 is 0 Å². The zero-order chi connectivity index (χ0) is 15.3. The molecule has 0 aliphatic heterocycles. The van der Waals surface area contributed by atoms with Crippen molar-refractivity contribution in [3.8, 4) is 0 Å². The van der Waals surface area contributed by atoms with Crippen LogP contribution in [0.15, 0.2) is 0 Å². The van der Waals surface area contributed by atoms with Crippen molar-refractivity contribution in [2.75, 3.05) is 13.2 Å². The monoisotopic (exact) mass is 312 g/mol. The highest BCUT2D eigenvalue weighted by Gasteiger charge is 2.27. The van der Waals surface area contributed by atoms with E-state index in [0.29, 0.717) is 13.0 Å². The highest BCUT2D eigenvalue weighted by Crippen LogP contribution is 2.29. The summed E-state index contributed by atoms with van der Waals surface area (Å²) in [4.78, 5) is 0. The summed E-state index contributed by atoms with van der Waals surface area (Å²) < 4.78 is 42.0. The van der Waals surface area contributed by atoms with E-state index in [1.165, 1.54) is 0 Å². The summed E-state index contributed by atoms with van der Waals surface area (Å²) in [5.41, 5.74) is 2.87. The molecular formula is C13H20ClF3N2O. The molecule has 0 spiro atoms. The lowest BCUT2D eigenvalue weighted by Gasteiger charge is -2.09. The number of alkyl halides is 4. The van der Waals surface area contributed by atoms with Gasteiger partial charge in [-0.15, -0.1) is 11.6 Å². The Morgan fingerprint density at radius 2 is 2.00 bits per heavy atom. The second-order valence-corrected chi connectivity index (χ2v) is 5.23. The number of halogens is 4. The Morgan fingerprint density at radius 1 is 1.35 bits per heavy atom. The second kappa shape index (κ2) is 7.31. The summed E-state index contributed by atoms with van der Waals surface area (Å²) in [6.07, 6.45) is -2.97. The van der Waals surface area contributed by atoms with Gasteiger partial charge in [0.15, 0.2) is 0 Å². The predicted octanol–water partition coefficient (Wildman–Crippen LogP) is 4.16. The molecule has 7 heteroatoms. The molecule has 0 saturated carbocycles. The topological polar surface area (TPSA) is 27.1 Å². The van der Waals surface area contributed by atoms with Gasteiger partial charge in [0.25, 0.3) is 0 Å². The predicted molar refractivity (Wildman–Crippen MR) is 72.1 cm³/mol. The molecule has 1 heterocycles. The number of hydrogen-bond donors (Lipinski definition) is 0. The van der Waals surface area contributed by atoms with Crippen molar-refractivity contribution in [3.63, 3.8) is 0 Å². The number of rotatable bonds is 7. The van der Waals surface area contributed by atoms with Gasteiger partial charge in [-0.05, 0) is 26.7 Å². The average molecular weight is 313 g/mol. The maximum Gasteiger partial charge on any atom is 0.411 e. The number of ether oxygens (including phenoxy) is 1. The van der Waals surface area contributed by atoms with Gasteiger partial charge in [-0.3, -0.25) is 4.68 Å². The molecule has 0 amide bonds. The molecule has 1 rings (SSSR count). The number of hydrogen-bond acceptors (Lipinski definition) is 2. The van der Waals surface area contributed by atoms with E-state index in [1.807, 2.05) is 20.8 Å². The molecule has 0 aliphatic carbocycles. The largest absolute Gasteiger partial charge is 0.411 e. The Bertz CT molecular complexity index is 432. The third-order valence-electron chi connectivity index (χ3n) is 3.03. The lowest BCUT2D eigenvalue weighted by molar-refractivity contribution is -0.174. The zero-order valence-electron chi connectivity index (χ0n) is 11.9. The van der Waals surface area contributed by atoms with Gasteiger partial charge in [-0.1, -0.05) is 6.92 Å². The van der Waals surface area contributed by atoms with Crippen LogP contribution in [-0.2, 0) is 11.3 Å². The molecule has 0 radical (unpaired) electrons. The minimum Gasteiger partial charge on any atom is -0.372 e. The molecule has 0 N–H and O–H groups in total. The summed E-state index contributed by atoms with van der Waals surface area (Å²) in [6.45, 7) is 5.21. The minimum atomic E-state index is -4.27. The van der Waals surface area contributed by atoms with E-state index >= 15 is 0 Å². The third kappa shape index (κ3) is 4.98. The zero-order valence-corrected chi connectivity index (χ0v) is 12.7. The van der Waals surface area contributed by atoms with E-state index in [0.717, 1.165) is 23.4 Å². The fourth-order valence-electron chi connectivity index (χ4n) is 2.09. The first-order valence-electron chi connectivity index (χ1n) is 6.58. The molecule has 0 saturated heterocycles. The number of aryl methyl sites for hydroxylation is 2. The normalized spacial score (nSPS) is 13.8.